The fraction of sp³-hybridized carbons (Fsp3) is 0.789. The lowest BCUT2D eigenvalue weighted by molar-refractivity contribution is 0.288. The SMILES string of the molecule is CC(C)CCCCCCOS(=O)(=O)C1(C)C=CC=CC1C.CCO.N. The quantitative estimate of drug-likeness (QED) is 0.451. The first-order valence-corrected chi connectivity index (χ1v) is 10.5. The average Bonchev–Trinajstić information content (AvgIpc) is 2.49. The van der Waals surface area contributed by atoms with E-state index in [-0.39, 0.29) is 18.7 Å². The molecule has 5 nitrogen and oxygen atoms in total. The zero-order valence-corrected chi connectivity index (χ0v) is 17.5. The van der Waals surface area contributed by atoms with E-state index in [1.165, 1.54) is 12.8 Å². The van der Waals surface area contributed by atoms with Crippen molar-refractivity contribution in [3.63, 3.8) is 0 Å². The molecule has 0 aromatic carbocycles. The number of allylic oxidation sites excluding steroid dienone is 3. The van der Waals surface area contributed by atoms with Crippen molar-refractivity contribution in [1.82, 2.24) is 6.15 Å². The van der Waals surface area contributed by atoms with Gasteiger partial charge in [0.25, 0.3) is 10.1 Å². The molecule has 0 bridgehead atoms. The fourth-order valence-corrected chi connectivity index (χ4v) is 3.81. The summed E-state index contributed by atoms with van der Waals surface area (Å²) in [5.41, 5.74) is 0. The van der Waals surface area contributed by atoms with E-state index < -0.39 is 14.9 Å². The van der Waals surface area contributed by atoms with Crippen LogP contribution < -0.4 is 6.15 Å². The molecule has 0 spiro atoms. The normalized spacial score (nSPS) is 22.3. The highest BCUT2D eigenvalue weighted by Crippen LogP contribution is 2.33. The van der Waals surface area contributed by atoms with Crippen molar-refractivity contribution in [2.24, 2.45) is 11.8 Å². The molecule has 1 aliphatic carbocycles. The summed E-state index contributed by atoms with van der Waals surface area (Å²) in [5.74, 6) is 0.674. The fourth-order valence-electron chi connectivity index (χ4n) is 2.44. The van der Waals surface area contributed by atoms with Crippen LogP contribution in [0.5, 0.6) is 0 Å². The van der Waals surface area contributed by atoms with Gasteiger partial charge in [-0.05, 0) is 32.1 Å². The highest BCUT2D eigenvalue weighted by molar-refractivity contribution is 7.88. The molecule has 0 aromatic heterocycles. The Morgan fingerprint density at radius 3 is 2.24 bits per heavy atom. The molecule has 0 fully saturated rings. The summed E-state index contributed by atoms with van der Waals surface area (Å²) < 4.78 is 29.1. The second-order valence-corrected chi connectivity index (χ2v) is 8.93. The van der Waals surface area contributed by atoms with Gasteiger partial charge in [-0.3, -0.25) is 4.18 Å². The van der Waals surface area contributed by atoms with Crippen molar-refractivity contribution in [2.75, 3.05) is 13.2 Å². The lowest BCUT2D eigenvalue weighted by Gasteiger charge is -2.31. The maximum atomic E-state index is 12.4. The molecule has 0 saturated heterocycles. The zero-order chi connectivity index (χ0) is 18.6. The second kappa shape index (κ2) is 13.5. The molecule has 2 atom stereocenters. The van der Waals surface area contributed by atoms with E-state index in [0.717, 1.165) is 25.2 Å². The number of hydrogen-bond donors (Lipinski definition) is 2. The third kappa shape index (κ3) is 9.54. The summed E-state index contributed by atoms with van der Waals surface area (Å²) in [4.78, 5) is 0. The number of rotatable bonds is 9. The molecule has 1 aliphatic rings. The summed E-state index contributed by atoms with van der Waals surface area (Å²) >= 11 is 0. The van der Waals surface area contributed by atoms with Crippen molar-refractivity contribution in [3.8, 4) is 0 Å². The largest absolute Gasteiger partial charge is 0.397 e. The smallest absolute Gasteiger partial charge is 0.277 e. The molecule has 0 saturated carbocycles. The van der Waals surface area contributed by atoms with Crippen molar-refractivity contribution in [2.45, 2.75) is 71.5 Å². The monoisotopic (exact) mass is 377 g/mol. The molecule has 0 aromatic rings. The van der Waals surface area contributed by atoms with Gasteiger partial charge in [-0.2, -0.15) is 8.42 Å². The lowest BCUT2D eigenvalue weighted by Crippen LogP contribution is -2.41. The van der Waals surface area contributed by atoms with Crippen molar-refractivity contribution >= 4 is 10.1 Å². The summed E-state index contributed by atoms with van der Waals surface area (Å²) in [7, 11) is -3.58. The Hall–Kier alpha value is -0.690. The summed E-state index contributed by atoms with van der Waals surface area (Å²) in [6.45, 7) is 10.3. The Bertz CT molecular complexity index is 486. The Morgan fingerprint density at radius 2 is 1.72 bits per heavy atom. The van der Waals surface area contributed by atoms with Crippen molar-refractivity contribution < 1.29 is 17.7 Å². The zero-order valence-electron chi connectivity index (χ0n) is 16.7. The predicted octanol–water partition coefficient (Wildman–Crippen LogP) is 4.62. The Balaban J connectivity index is 0. The molecular formula is C19H39NO4S. The Morgan fingerprint density at radius 1 is 1.16 bits per heavy atom. The van der Waals surface area contributed by atoms with Crippen molar-refractivity contribution in [3.05, 3.63) is 24.3 Å². The first kappa shape index (κ1) is 26.5. The maximum Gasteiger partial charge on any atom is 0.277 e. The molecular weight excluding hydrogens is 338 g/mol. The van der Waals surface area contributed by atoms with Gasteiger partial charge in [0.2, 0.25) is 0 Å². The number of hydrogen-bond acceptors (Lipinski definition) is 5. The average molecular weight is 378 g/mol. The third-order valence-corrected chi connectivity index (χ3v) is 6.36. The first-order valence-electron chi connectivity index (χ1n) is 9.07. The molecule has 25 heavy (non-hydrogen) atoms. The van der Waals surface area contributed by atoms with E-state index in [9.17, 15) is 8.42 Å². The van der Waals surface area contributed by atoms with Crippen LogP contribution in [-0.2, 0) is 14.3 Å². The van der Waals surface area contributed by atoms with Gasteiger partial charge < -0.3 is 11.3 Å². The number of aliphatic hydroxyl groups excluding tert-OH is 1. The van der Waals surface area contributed by atoms with Gasteiger partial charge in [0.05, 0.1) is 6.61 Å². The van der Waals surface area contributed by atoms with Gasteiger partial charge in [-0.15, -0.1) is 0 Å². The lowest BCUT2D eigenvalue weighted by atomic mass is 9.91. The first-order chi connectivity index (χ1) is 11.2. The van der Waals surface area contributed by atoms with Gasteiger partial charge >= 0.3 is 0 Å². The van der Waals surface area contributed by atoms with Crippen LogP contribution in [0.3, 0.4) is 0 Å². The second-order valence-electron chi connectivity index (χ2n) is 6.91. The summed E-state index contributed by atoms with van der Waals surface area (Å²) in [6, 6.07) is 0. The van der Waals surface area contributed by atoms with Crippen LogP contribution in [0, 0.1) is 11.8 Å². The highest BCUT2D eigenvalue weighted by atomic mass is 32.2. The Kier molecular flexibility index (Phi) is 14.3. The van der Waals surface area contributed by atoms with Crippen LogP contribution >= 0.6 is 0 Å². The standard InChI is InChI=1S/C17H30O3S.C2H6O.H3N/c1-15(2)11-7-5-6-10-14-20-21(18,19)17(4)13-9-8-12-16(17)3;1-2-3;/h8-9,12-13,15-16H,5-7,10-11,14H2,1-4H3;3H,2H2,1H3;1H3. The Labute approximate surface area is 155 Å². The van der Waals surface area contributed by atoms with Crippen LogP contribution in [0.15, 0.2) is 24.3 Å². The maximum absolute atomic E-state index is 12.4. The molecule has 4 N–H and O–H groups in total. The molecule has 150 valence electrons. The molecule has 0 radical (unpaired) electrons. The molecule has 1 rings (SSSR count). The van der Waals surface area contributed by atoms with Gasteiger partial charge in [0, 0.05) is 6.61 Å². The van der Waals surface area contributed by atoms with Crippen LogP contribution in [0.4, 0.5) is 0 Å². The van der Waals surface area contributed by atoms with Crippen LogP contribution in [0.1, 0.15) is 66.7 Å². The van der Waals surface area contributed by atoms with Crippen LogP contribution in [-0.4, -0.2) is 31.5 Å². The molecule has 0 aliphatic heterocycles. The van der Waals surface area contributed by atoms with E-state index in [1.54, 1.807) is 26.0 Å². The number of unbranched alkanes of at least 4 members (excludes halogenated alkanes) is 3. The topological polar surface area (TPSA) is 98.6 Å². The molecule has 0 heterocycles. The van der Waals surface area contributed by atoms with E-state index >= 15 is 0 Å². The van der Waals surface area contributed by atoms with Crippen LogP contribution in [0.2, 0.25) is 0 Å². The summed E-state index contributed by atoms with van der Waals surface area (Å²) in [6.07, 6.45) is 12.8. The summed E-state index contributed by atoms with van der Waals surface area (Å²) in [5, 5.41) is 7.57. The predicted molar refractivity (Wildman–Crippen MR) is 106 cm³/mol. The van der Waals surface area contributed by atoms with E-state index in [1.807, 2.05) is 19.1 Å². The van der Waals surface area contributed by atoms with Crippen molar-refractivity contribution in [1.29, 1.82) is 0 Å². The van der Waals surface area contributed by atoms with Gasteiger partial charge in [-0.25, -0.2) is 0 Å². The highest BCUT2D eigenvalue weighted by Gasteiger charge is 2.42. The molecule has 0 amide bonds. The number of aliphatic hydroxyl groups is 1. The molecule has 6 heteroatoms. The van der Waals surface area contributed by atoms with Gasteiger partial charge in [-0.1, -0.05) is 70.8 Å². The van der Waals surface area contributed by atoms with E-state index in [0.29, 0.717) is 6.61 Å². The minimum Gasteiger partial charge on any atom is -0.397 e. The van der Waals surface area contributed by atoms with Gasteiger partial charge in [0.15, 0.2) is 0 Å². The molecule has 2 unspecified atom stereocenters. The minimum atomic E-state index is -3.58. The van der Waals surface area contributed by atoms with Crippen LogP contribution in [0.25, 0.3) is 0 Å². The van der Waals surface area contributed by atoms with E-state index in [4.69, 9.17) is 9.29 Å². The minimum absolute atomic E-state index is 0. The van der Waals surface area contributed by atoms with E-state index in [2.05, 4.69) is 13.8 Å². The van der Waals surface area contributed by atoms with Gasteiger partial charge in [0.1, 0.15) is 4.75 Å². The third-order valence-electron chi connectivity index (χ3n) is 4.30.